The molecule has 0 bridgehead atoms. The third kappa shape index (κ3) is 3.92. The van der Waals surface area contributed by atoms with Crippen LogP contribution in [0.15, 0.2) is 58.1 Å². The Balaban J connectivity index is 1.72. The van der Waals surface area contributed by atoms with Crippen molar-refractivity contribution in [1.82, 2.24) is 15.6 Å². The highest BCUT2D eigenvalue weighted by Gasteiger charge is 2.13. The summed E-state index contributed by atoms with van der Waals surface area (Å²) in [6.45, 7) is 0. The fourth-order valence-corrected chi connectivity index (χ4v) is 2.66. The molecule has 0 aliphatic carbocycles. The van der Waals surface area contributed by atoms with Crippen LogP contribution in [0, 0.1) is 0 Å². The number of rotatable bonds is 5. The molecular weight excluding hydrogens is 400 g/mol. The molecule has 3 rings (SSSR count). The summed E-state index contributed by atoms with van der Waals surface area (Å²) < 4.78 is 6.09. The molecule has 1 amide bonds. The van der Waals surface area contributed by atoms with Gasteiger partial charge in [0.05, 0.1) is 19.0 Å². The number of phenolic OH excluding ortho intramolecular Hbond substituents is 1. The molecule has 132 valence electrons. The number of aromatic amines is 1. The van der Waals surface area contributed by atoms with E-state index in [0.29, 0.717) is 17.0 Å². The molecule has 1 heterocycles. The number of carbonyl (C=O) groups excluding carboxylic acids is 1. The van der Waals surface area contributed by atoms with Crippen molar-refractivity contribution in [3.05, 3.63) is 64.3 Å². The molecule has 0 unspecified atom stereocenters. The van der Waals surface area contributed by atoms with Gasteiger partial charge in [-0.25, -0.2) is 5.43 Å². The van der Waals surface area contributed by atoms with E-state index in [0.717, 1.165) is 10.0 Å². The Kier molecular flexibility index (Phi) is 5.33. The molecule has 26 heavy (non-hydrogen) atoms. The van der Waals surface area contributed by atoms with Crippen LogP contribution in [0.1, 0.15) is 16.1 Å². The summed E-state index contributed by atoms with van der Waals surface area (Å²) in [6, 6.07) is 13.9. The smallest absolute Gasteiger partial charge is 0.289 e. The number of halogens is 1. The summed E-state index contributed by atoms with van der Waals surface area (Å²) in [5, 5.41) is 20.4. The average Bonchev–Trinajstić information content (AvgIpc) is 3.14. The lowest BCUT2D eigenvalue weighted by atomic mass is 10.1. The van der Waals surface area contributed by atoms with Crippen molar-refractivity contribution >= 4 is 28.1 Å². The van der Waals surface area contributed by atoms with Crippen LogP contribution in [-0.2, 0) is 0 Å². The number of benzene rings is 2. The van der Waals surface area contributed by atoms with Crippen LogP contribution in [-0.4, -0.2) is 34.5 Å². The Bertz CT molecular complexity index is 969. The first-order valence-corrected chi connectivity index (χ1v) is 8.38. The number of amides is 1. The maximum absolute atomic E-state index is 12.2. The van der Waals surface area contributed by atoms with Crippen molar-refractivity contribution in [3.63, 3.8) is 0 Å². The molecule has 3 N–H and O–H groups in total. The Morgan fingerprint density at radius 1 is 1.31 bits per heavy atom. The summed E-state index contributed by atoms with van der Waals surface area (Å²) in [5.74, 6) is 0.268. The van der Waals surface area contributed by atoms with Gasteiger partial charge in [0.2, 0.25) is 0 Å². The number of H-pyrrole nitrogens is 1. The number of hydrogen-bond acceptors (Lipinski definition) is 5. The number of carbonyl (C=O) groups is 1. The summed E-state index contributed by atoms with van der Waals surface area (Å²) in [7, 11) is 1.57. The summed E-state index contributed by atoms with van der Waals surface area (Å²) in [4.78, 5) is 12.2. The maximum Gasteiger partial charge on any atom is 0.289 e. The lowest BCUT2D eigenvalue weighted by molar-refractivity contribution is 0.0950. The van der Waals surface area contributed by atoms with Crippen LogP contribution in [0.5, 0.6) is 11.5 Å². The molecule has 0 spiro atoms. The molecule has 0 aliphatic heterocycles. The van der Waals surface area contributed by atoms with E-state index < -0.39 is 5.91 Å². The minimum atomic E-state index is -0.454. The Morgan fingerprint density at radius 2 is 2.12 bits per heavy atom. The monoisotopic (exact) mass is 414 g/mol. The first kappa shape index (κ1) is 17.7. The molecule has 0 atom stereocenters. The van der Waals surface area contributed by atoms with Crippen LogP contribution in [0.3, 0.4) is 0 Å². The van der Waals surface area contributed by atoms with Gasteiger partial charge in [-0.3, -0.25) is 9.89 Å². The van der Waals surface area contributed by atoms with Gasteiger partial charge in [-0.05, 0) is 36.4 Å². The fourth-order valence-electron chi connectivity index (χ4n) is 2.28. The minimum absolute atomic E-state index is 0.0613. The highest BCUT2D eigenvalue weighted by molar-refractivity contribution is 9.10. The van der Waals surface area contributed by atoms with Gasteiger partial charge in [-0.1, -0.05) is 28.1 Å². The van der Waals surface area contributed by atoms with Crippen molar-refractivity contribution in [2.75, 3.05) is 7.11 Å². The van der Waals surface area contributed by atoms with Crippen molar-refractivity contribution < 1.29 is 14.6 Å². The van der Waals surface area contributed by atoms with Gasteiger partial charge in [0.15, 0.2) is 0 Å². The molecule has 1 aromatic heterocycles. The number of methoxy groups -OCH3 is 1. The van der Waals surface area contributed by atoms with Gasteiger partial charge in [0.1, 0.15) is 17.2 Å². The Labute approximate surface area is 157 Å². The van der Waals surface area contributed by atoms with Gasteiger partial charge in [-0.2, -0.15) is 10.2 Å². The van der Waals surface area contributed by atoms with Crippen LogP contribution in [0.2, 0.25) is 0 Å². The van der Waals surface area contributed by atoms with E-state index in [1.165, 1.54) is 12.3 Å². The number of hydrogen-bond donors (Lipinski definition) is 3. The number of aromatic hydroxyl groups is 1. The third-order valence-electron chi connectivity index (χ3n) is 3.56. The molecule has 0 aliphatic rings. The standard InChI is InChI=1S/C18H15BrN4O3/c1-26-17-5-3-2-4-13(17)14-9-15(22-21-14)18(25)23-20-10-11-8-12(19)6-7-16(11)24/h2-10,24H,1H3,(H,21,22)(H,23,25)/b20-10+. The highest BCUT2D eigenvalue weighted by Crippen LogP contribution is 2.28. The predicted octanol–water partition coefficient (Wildman–Crippen LogP) is 3.32. The number of nitrogens with zero attached hydrogens (tertiary/aromatic N) is 2. The van der Waals surface area contributed by atoms with Crippen molar-refractivity contribution in [1.29, 1.82) is 0 Å². The Morgan fingerprint density at radius 3 is 2.92 bits per heavy atom. The molecular formula is C18H15BrN4O3. The Hall–Kier alpha value is -3.13. The lowest BCUT2D eigenvalue weighted by Crippen LogP contribution is -2.18. The number of phenols is 1. The number of aromatic nitrogens is 2. The zero-order chi connectivity index (χ0) is 18.5. The molecule has 0 fully saturated rings. The van der Waals surface area contributed by atoms with Crippen LogP contribution < -0.4 is 10.2 Å². The minimum Gasteiger partial charge on any atom is -0.507 e. The SMILES string of the molecule is COc1ccccc1-c1cc(C(=O)N/N=C/c2cc(Br)ccc2O)[nH]n1. The van der Waals surface area contributed by atoms with Gasteiger partial charge >= 0.3 is 0 Å². The zero-order valence-electron chi connectivity index (χ0n) is 13.7. The number of nitrogens with one attached hydrogen (secondary N) is 2. The molecule has 3 aromatic rings. The van der Waals surface area contributed by atoms with Crippen molar-refractivity contribution in [3.8, 4) is 22.8 Å². The molecule has 7 nitrogen and oxygen atoms in total. The topological polar surface area (TPSA) is 99.6 Å². The number of hydrazone groups is 1. The summed E-state index contributed by atoms with van der Waals surface area (Å²) in [5.41, 5.74) is 4.47. The zero-order valence-corrected chi connectivity index (χ0v) is 15.3. The largest absolute Gasteiger partial charge is 0.507 e. The molecule has 0 radical (unpaired) electrons. The fraction of sp³-hybridized carbons (Fsp3) is 0.0556. The molecule has 8 heteroatoms. The van der Waals surface area contributed by atoms with E-state index in [2.05, 4.69) is 36.7 Å². The quantitative estimate of drug-likeness (QED) is 0.440. The lowest BCUT2D eigenvalue weighted by Gasteiger charge is -2.04. The van der Waals surface area contributed by atoms with Crippen LogP contribution >= 0.6 is 15.9 Å². The van der Waals surface area contributed by atoms with Gasteiger partial charge in [0, 0.05) is 15.6 Å². The first-order chi connectivity index (χ1) is 12.6. The van der Waals surface area contributed by atoms with Crippen molar-refractivity contribution in [2.45, 2.75) is 0 Å². The van der Waals surface area contributed by atoms with Crippen molar-refractivity contribution in [2.24, 2.45) is 5.10 Å². The second kappa shape index (κ2) is 7.83. The van der Waals surface area contributed by atoms with Gasteiger partial charge in [0.25, 0.3) is 5.91 Å². The average molecular weight is 415 g/mol. The van der Waals surface area contributed by atoms with E-state index in [1.54, 1.807) is 25.3 Å². The number of para-hydroxylation sites is 1. The molecule has 2 aromatic carbocycles. The highest BCUT2D eigenvalue weighted by atomic mass is 79.9. The second-order valence-corrected chi connectivity index (χ2v) is 6.19. The third-order valence-corrected chi connectivity index (χ3v) is 4.06. The summed E-state index contributed by atoms with van der Waals surface area (Å²) >= 11 is 3.31. The normalized spacial score (nSPS) is 10.8. The predicted molar refractivity (Wildman–Crippen MR) is 101 cm³/mol. The molecule has 0 saturated carbocycles. The van der Waals surface area contributed by atoms with Gasteiger partial charge < -0.3 is 9.84 Å². The first-order valence-electron chi connectivity index (χ1n) is 7.59. The number of ether oxygens (including phenoxy) is 1. The van der Waals surface area contributed by atoms with Crippen LogP contribution in [0.25, 0.3) is 11.3 Å². The molecule has 0 saturated heterocycles. The van der Waals surface area contributed by atoms with Crippen LogP contribution in [0.4, 0.5) is 0 Å². The van der Waals surface area contributed by atoms with E-state index >= 15 is 0 Å². The van der Waals surface area contributed by atoms with Gasteiger partial charge in [-0.15, -0.1) is 0 Å². The maximum atomic E-state index is 12.2. The van der Waals surface area contributed by atoms with E-state index in [-0.39, 0.29) is 11.4 Å². The van der Waals surface area contributed by atoms with E-state index in [4.69, 9.17) is 4.74 Å². The second-order valence-electron chi connectivity index (χ2n) is 5.27. The summed E-state index contributed by atoms with van der Waals surface area (Å²) in [6.07, 6.45) is 1.36. The van der Waals surface area contributed by atoms with E-state index in [9.17, 15) is 9.90 Å². The van der Waals surface area contributed by atoms with E-state index in [1.807, 2.05) is 24.3 Å².